The lowest BCUT2D eigenvalue weighted by molar-refractivity contribution is -0.118. The molecule has 1 aliphatic heterocycles. The van der Waals surface area contributed by atoms with Crippen LogP contribution in [0.25, 0.3) is 0 Å². The summed E-state index contributed by atoms with van der Waals surface area (Å²) in [5.41, 5.74) is 0.636. The number of carbonyl (C=O) groups excluding carboxylic acids is 2. The van der Waals surface area contributed by atoms with Gasteiger partial charge >= 0.3 is 13.1 Å². The molecule has 23 heavy (non-hydrogen) atoms. The van der Waals surface area contributed by atoms with E-state index in [9.17, 15) is 14.6 Å². The van der Waals surface area contributed by atoms with E-state index in [1.54, 1.807) is 13.8 Å². The van der Waals surface area contributed by atoms with Gasteiger partial charge in [-0.2, -0.15) is 0 Å². The maximum atomic E-state index is 12.1. The Kier molecular flexibility index (Phi) is 5.95. The van der Waals surface area contributed by atoms with E-state index >= 15 is 0 Å². The standard InChI is InChI=1S/C15H17BCl2O5/c1-3-9(19)5-8-6-10-13(18)12(17)7-11(15(20)22-4-2)14(10)23-16(8)21/h7-8,21H,3-6H2,1-2H3/t8-/m0/s1. The van der Waals surface area contributed by atoms with Crippen LogP contribution in [0.3, 0.4) is 0 Å². The van der Waals surface area contributed by atoms with Gasteiger partial charge in [0.05, 0.1) is 16.7 Å². The molecule has 0 radical (unpaired) electrons. The lowest BCUT2D eigenvalue weighted by atomic mass is 9.64. The van der Waals surface area contributed by atoms with Gasteiger partial charge in [0, 0.05) is 24.2 Å². The molecule has 124 valence electrons. The van der Waals surface area contributed by atoms with Gasteiger partial charge in [-0.3, -0.25) is 4.79 Å². The first-order chi connectivity index (χ1) is 10.9. The molecule has 0 aromatic heterocycles. The molecule has 2 rings (SSSR count). The monoisotopic (exact) mass is 358 g/mol. The number of fused-ring (bicyclic) bond motifs is 1. The largest absolute Gasteiger partial charge is 0.535 e. The number of esters is 1. The lowest BCUT2D eigenvalue weighted by Crippen LogP contribution is -2.36. The molecule has 5 nitrogen and oxygen atoms in total. The average Bonchev–Trinajstić information content (AvgIpc) is 2.52. The summed E-state index contributed by atoms with van der Waals surface area (Å²) in [7, 11) is -1.19. The van der Waals surface area contributed by atoms with Crippen LogP contribution in [0.15, 0.2) is 6.07 Å². The number of Topliss-reactive ketones (excluding diaryl/α,β-unsaturated/α-hetero) is 1. The summed E-state index contributed by atoms with van der Waals surface area (Å²) < 4.78 is 10.5. The lowest BCUT2D eigenvalue weighted by Gasteiger charge is -2.29. The topological polar surface area (TPSA) is 72.8 Å². The summed E-state index contributed by atoms with van der Waals surface area (Å²) in [5, 5.41) is 10.6. The second kappa shape index (κ2) is 7.56. The second-order valence-corrected chi connectivity index (χ2v) is 6.10. The number of hydrogen-bond acceptors (Lipinski definition) is 5. The van der Waals surface area contributed by atoms with Crippen molar-refractivity contribution < 1.29 is 24.0 Å². The van der Waals surface area contributed by atoms with E-state index < -0.39 is 18.9 Å². The summed E-state index contributed by atoms with van der Waals surface area (Å²) in [6.45, 7) is 3.64. The highest BCUT2D eigenvalue weighted by Crippen LogP contribution is 2.43. The smallest absolute Gasteiger partial charge is 0.526 e. The van der Waals surface area contributed by atoms with Gasteiger partial charge in [0.1, 0.15) is 17.1 Å². The summed E-state index contributed by atoms with van der Waals surface area (Å²) in [5.74, 6) is -0.839. The van der Waals surface area contributed by atoms with Crippen molar-refractivity contribution in [3.63, 3.8) is 0 Å². The number of rotatable bonds is 5. The predicted molar refractivity (Wildman–Crippen MR) is 88.4 cm³/mol. The Hall–Kier alpha value is -1.24. The van der Waals surface area contributed by atoms with Crippen molar-refractivity contribution >= 4 is 42.1 Å². The molecule has 1 heterocycles. The van der Waals surface area contributed by atoms with Crippen LogP contribution in [-0.2, 0) is 16.0 Å². The van der Waals surface area contributed by atoms with E-state index in [0.717, 1.165) is 0 Å². The molecular weight excluding hydrogens is 342 g/mol. The van der Waals surface area contributed by atoms with E-state index in [-0.39, 0.29) is 40.2 Å². The van der Waals surface area contributed by atoms with Gasteiger partial charge in [-0.15, -0.1) is 0 Å². The molecule has 1 aromatic carbocycles. The average molecular weight is 359 g/mol. The van der Waals surface area contributed by atoms with E-state index in [4.69, 9.17) is 32.6 Å². The maximum Gasteiger partial charge on any atom is 0.526 e. The highest BCUT2D eigenvalue weighted by molar-refractivity contribution is 6.48. The van der Waals surface area contributed by atoms with Crippen LogP contribution in [0, 0.1) is 0 Å². The minimum absolute atomic E-state index is 0.0184. The highest BCUT2D eigenvalue weighted by atomic mass is 35.5. The first-order valence-electron chi connectivity index (χ1n) is 7.43. The highest BCUT2D eigenvalue weighted by Gasteiger charge is 2.39. The molecule has 1 aliphatic rings. The van der Waals surface area contributed by atoms with Gasteiger partial charge in [-0.05, 0) is 19.4 Å². The van der Waals surface area contributed by atoms with E-state index in [1.807, 2.05) is 0 Å². The third-order valence-corrected chi connectivity index (χ3v) is 4.58. The number of ketones is 1. The number of carbonyl (C=O) groups is 2. The molecular formula is C15H17BCl2O5. The Balaban J connectivity index is 2.42. The van der Waals surface area contributed by atoms with Gasteiger partial charge in [0.25, 0.3) is 0 Å². The van der Waals surface area contributed by atoms with Crippen LogP contribution in [0.2, 0.25) is 15.9 Å². The van der Waals surface area contributed by atoms with Crippen molar-refractivity contribution in [1.82, 2.24) is 0 Å². The molecule has 0 bridgehead atoms. The number of hydrogen-bond donors (Lipinski definition) is 1. The summed E-state index contributed by atoms with van der Waals surface area (Å²) in [6, 6.07) is 1.37. The van der Waals surface area contributed by atoms with Gasteiger partial charge in [-0.1, -0.05) is 30.1 Å². The minimum Gasteiger partial charge on any atom is -0.535 e. The first kappa shape index (κ1) is 18.1. The van der Waals surface area contributed by atoms with Crippen molar-refractivity contribution in [2.45, 2.75) is 38.9 Å². The molecule has 0 amide bonds. The van der Waals surface area contributed by atoms with Crippen LogP contribution in [-0.4, -0.2) is 30.5 Å². The minimum atomic E-state index is -1.19. The second-order valence-electron chi connectivity index (χ2n) is 5.32. The fourth-order valence-electron chi connectivity index (χ4n) is 2.53. The third kappa shape index (κ3) is 3.82. The van der Waals surface area contributed by atoms with E-state index in [0.29, 0.717) is 18.4 Å². The van der Waals surface area contributed by atoms with Crippen molar-refractivity contribution in [2.24, 2.45) is 0 Å². The van der Waals surface area contributed by atoms with Crippen LogP contribution in [0.5, 0.6) is 5.75 Å². The van der Waals surface area contributed by atoms with Gasteiger partial charge < -0.3 is 14.4 Å². The van der Waals surface area contributed by atoms with Crippen LogP contribution >= 0.6 is 23.2 Å². The number of ether oxygens (including phenoxy) is 1. The Bertz CT molecular complexity index is 635. The Morgan fingerprint density at radius 2 is 2.13 bits per heavy atom. The molecule has 0 unspecified atom stereocenters. The summed E-state index contributed by atoms with van der Waals surface area (Å²) in [6.07, 6.45) is 0.857. The Morgan fingerprint density at radius 3 is 2.74 bits per heavy atom. The molecule has 0 spiro atoms. The van der Waals surface area contributed by atoms with Crippen molar-refractivity contribution in [3.05, 3.63) is 27.2 Å². The Labute approximate surface area is 145 Å². The molecule has 8 heteroatoms. The Morgan fingerprint density at radius 1 is 1.43 bits per heavy atom. The maximum absolute atomic E-state index is 12.1. The van der Waals surface area contributed by atoms with Crippen LogP contribution < -0.4 is 4.65 Å². The zero-order valence-electron chi connectivity index (χ0n) is 12.9. The summed E-state index contributed by atoms with van der Waals surface area (Å²) >= 11 is 12.3. The summed E-state index contributed by atoms with van der Waals surface area (Å²) in [4.78, 5) is 23.7. The molecule has 0 saturated heterocycles. The predicted octanol–water partition coefficient (Wildman–Crippen LogP) is 3.32. The normalized spacial score (nSPS) is 16.6. The molecule has 1 aromatic rings. The molecule has 0 saturated carbocycles. The molecule has 1 N–H and O–H groups in total. The first-order valence-corrected chi connectivity index (χ1v) is 8.19. The fraction of sp³-hybridized carbons (Fsp3) is 0.467. The van der Waals surface area contributed by atoms with Crippen molar-refractivity contribution in [2.75, 3.05) is 6.61 Å². The number of benzene rings is 1. The van der Waals surface area contributed by atoms with Crippen LogP contribution in [0.4, 0.5) is 0 Å². The SMILES string of the molecule is CCOC(=O)c1cc(Cl)c(Cl)c2c1OB(O)[C@@H](CC(=O)CC)C2. The van der Waals surface area contributed by atoms with Crippen molar-refractivity contribution in [3.8, 4) is 5.75 Å². The zero-order chi connectivity index (χ0) is 17.1. The molecule has 0 fully saturated rings. The van der Waals surface area contributed by atoms with E-state index in [2.05, 4.69) is 0 Å². The fourth-order valence-corrected chi connectivity index (χ4v) is 2.97. The van der Waals surface area contributed by atoms with Crippen LogP contribution in [0.1, 0.15) is 42.6 Å². The van der Waals surface area contributed by atoms with Gasteiger partial charge in [0.2, 0.25) is 0 Å². The molecule has 0 aliphatic carbocycles. The van der Waals surface area contributed by atoms with Gasteiger partial charge in [-0.25, -0.2) is 4.79 Å². The quantitative estimate of drug-likeness (QED) is 0.645. The van der Waals surface area contributed by atoms with Gasteiger partial charge in [0.15, 0.2) is 0 Å². The van der Waals surface area contributed by atoms with Crippen molar-refractivity contribution in [1.29, 1.82) is 0 Å². The zero-order valence-corrected chi connectivity index (χ0v) is 14.4. The van der Waals surface area contributed by atoms with E-state index in [1.165, 1.54) is 6.07 Å². The molecule has 1 atom stereocenters. The number of halogens is 2. The third-order valence-electron chi connectivity index (χ3n) is 3.75.